The SMILES string of the molecule is Cc1c2ccccc2nc2c(F)c(N3CCOCC3)c(F)c(F)c12. The Morgan fingerprint density at radius 3 is 2.46 bits per heavy atom. The monoisotopic (exact) mass is 332 g/mol. The van der Waals surface area contributed by atoms with E-state index in [0.717, 1.165) is 0 Å². The summed E-state index contributed by atoms with van der Waals surface area (Å²) in [5.41, 5.74) is 0.553. The summed E-state index contributed by atoms with van der Waals surface area (Å²) in [6.45, 7) is 2.98. The van der Waals surface area contributed by atoms with Gasteiger partial charge in [0.25, 0.3) is 0 Å². The van der Waals surface area contributed by atoms with Crippen molar-refractivity contribution in [1.29, 1.82) is 0 Å². The predicted octanol–water partition coefficient (Wildman–Crippen LogP) is 3.95. The lowest BCUT2D eigenvalue weighted by Crippen LogP contribution is -2.37. The molecule has 0 bridgehead atoms. The number of morpholine rings is 1. The largest absolute Gasteiger partial charge is 0.378 e. The zero-order chi connectivity index (χ0) is 16.8. The number of para-hydroxylation sites is 1. The molecule has 1 aliphatic heterocycles. The number of aryl methyl sites for hydroxylation is 1. The van der Waals surface area contributed by atoms with Gasteiger partial charge in [0.1, 0.15) is 11.2 Å². The third-order valence-corrected chi connectivity index (χ3v) is 4.52. The van der Waals surface area contributed by atoms with Crippen molar-refractivity contribution >= 4 is 27.5 Å². The molecule has 3 aromatic rings. The molecule has 3 nitrogen and oxygen atoms in total. The molecule has 0 atom stereocenters. The lowest BCUT2D eigenvalue weighted by Gasteiger charge is -2.30. The fraction of sp³-hybridized carbons (Fsp3) is 0.278. The molecule has 0 aliphatic carbocycles. The van der Waals surface area contributed by atoms with Gasteiger partial charge in [0.2, 0.25) is 0 Å². The summed E-state index contributed by atoms with van der Waals surface area (Å²) in [5.74, 6) is -3.04. The van der Waals surface area contributed by atoms with Crippen LogP contribution in [0.5, 0.6) is 0 Å². The number of hydrogen-bond acceptors (Lipinski definition) is 3. The predicted molar refractivity (Wildman–Crippen MR) is 86.9 cm³/mol. The van der Waals surface area contributed by atoms with Gasteiger partial charge in [-0.3, -0.25) is 0 Å². The Bertz CT molecular complexity index is 952. The molecule has 1 saturated heterocycles. The molecule has 2 heterocycles. The van der Waals surface area contributed by atoms with Crippen LogP contribution in [0.1, 0.15) is 5.56 Å². The molecular weight excluding hydrogens is 317 g/mol. The number of pyridine rings is 1. The Morgan fingerprint density at radius 1 is 1.00 bits per heavy atom. The van der Waals surface area contributed by atoms with E-state index < -0.39 is 17.5 Å². The molecule has 0 N–H and O–H groups in total. The van der Waals surface area contributed by atoms with Gasteiger partial charge in [-0.15, -0.1) is 0 Å². The minimum atomic E-state index is -1.16. The number of benzene rings is 2. The molecule has 124 valence electrons. The first-order valence-corrected chi connectivity index (χ1v) is 7.77. The summed E-state index contributed by atoms with van der Waals surface area (Å²) >= 11 is 0. The van der Waals surface area contributed by atoms with Crippen LogP contribution in [0, 0.1) is 24.4 Å². The third-order valence-electron chi connectivity index (χ3n) is 4.52. The first-order valence-electron chi connectivity index (χ1n) is 7.77. The van der Waals surface area contributed by atoms with Crippen LogP contribution >= 0.6 is 0 Å². The van der Waals surface area contributed by atoms with Gasteiger partial charge in [-0.05, 0) is 18.6 Å². The van der Waals surface area contributed by atoms with Crippen molar-refractivity contribution in [1.82, 2.24) is 4.98 Å². The molecule has 1 aliphatic rings. The van der Waals surface area contributed by atoms with Crippen LogP contribution in [0.4, 0.5) is 18.9 Å². The molecule has 0 unspecified atom stereocenters. The van der Waals surface area contributed by atoms with Crippen LogP contribution in [-0.2, 0) is 4.74 Å². The van der Waals surface area contributed by atoms with Crippen molar-refractivity contribution in [2.24, 2.45) is 0 Å². The molecule has 24 heavy (non-hydrogen) atoms. The van der Waals surface area contributed by atoms with Crippen molar-refractivity contribution in [2.75, 3.05) is 31.2 Å². The van der Waals surface area contributed by atoms with Gasteiger partial charge in [-0.2, -0.15) is 0 Å². The number of halogens is 3. The third kappa shape index (κ3) is 2.13. The highest BCUT2D eigenvalue weighted by Gasteiger charge is 2.27. The van der Waals surface area contributed by atoms with E-state index in [9.17, 15) is 8.78 Å². The Hall–Kier alpha value is -2.34. The Kier molecular flexibility index (Phi) is 3.57. The molecule has 6 heteroatoms. The topological polar surface area (TPSA) is 25.4 Å². The standard InChI is InChI=1S/C18H15F3N2O/c1-10-11-4-2-3-5-12(11)22-17-13(10)14(19)15(20)18(16(17)21)23-6-8-24-9-7-23/h2-5H,6-9H2,1H3. The van der Waals surface area contributed by atoms with Crippen LogP contribution in [0.15, 0.2) is 24.3 Å². The summed E-state index contributed by atoms with van der Waals surface area (Å²) in [6.07, 6.45) is 0. The zero-order valence-corrected chi connectivity index (χ0v) is 13.1. The van der Waals surface area contributed by atoms with Crippen LogP contribution < -0.4 is 4.90 Å². The zero-order valence-electron chi connectivity index (χ0n) is 13.1. The van der Waals surface area contributed by atoms with Crippen molar-refractivity contribution in [3.05, 3.63) is 47.3 Å². The number of aromatic nitrogens is 1. The second-order valence-electron chi connectivity index (χ2n) is 5.87. The Morgan fingerprint density at radius 2 is 1.71 bits per heavy atom. The summed E-state index contributed by atoms with van der Waals surface area (Å²) in [5, 5.41) is 0.586. The smallest absolute Gasteiger partial charge is 0.185 e. The van der Waals surface area contributed by atoms with Gasteiger partial charge >= 0.3 is 0 Å². The van der Waals surface area contributed by atoms with Crippen LogP contribution in [0.3, 0.4) is 0 Å². The van der Waals surface area contributed by atoms with E-state index in [1.165, 1.54) is 4.90 Å². The second kappa shape index (κ2) is 5.63. The van der Waals surface area contributed by atoms with Gasteiger partial charge in [-0.1, -0.05) is 18.2 Å². The van der Waals surface area contributed by atoms with Gasteiger partial charge in [0.05, 0.1) is 18.7 Å². The quantitative estimate of drug-likeness (QED) is 0.498. The van der Waals surface area contributed by atoms with E-state index in [4.69, 9.17) is 4.74 Å². The van der Waals surface area contributed by atoms with Gasteiger partial charge < -0.3 is 9.64 Å². The molecule has 1 aromatic heterocycles. The maximum Gasteiger partial charge on any atom is 0.185 e. The van der Waals surface area contributed by atoms with Crippen LogP contribution in [-0.4, -0.2) is 31.3 Å². The minimum absolute atomic E-state index is 0.0966. The molecule has 1 fully saturated rings. The van der Waals surface area contributed by atoms with E-state index >= 15 is 4.39 Å². The number of fused-ring (bicyclic) bond motifs is 2. The number of rotatable bonds is 1. The maximum atomic E-state index is 15.1. The molecule has 0 radical (unpaired) electrons. The Labute approximate surface area is 136 Å². The maximum absolute atomic E-state index is 15.1. The van der Waals surface area contributed by atoms with Crippen molar-refractivity contribution in [3.8, 4) is 0 Å². The molecule has 0 saturated carbocycles. The lowest BCUT2D eigenvalue weighted by molar-refractivity contribution is 0.122. The van der Waals surface area contributed by atoms with E-state index in [1.807, 2.05) is 0 Å². The molecule has 2 aromatic carbocycles. The molecule has 0 spiro atoms. The van der Waals surface area contributed by atoms with Crippen molar-refractivity contribution in [2.45, 2.75) is 6.92 Å². The number of nitrogens with zero attached hydrogens (tertiary/aromatic N) is 2. The number of hydrogen-bond donors (Lipinski definition) is 0. The van der Waals surface area contributed by atoms with Crippen LogP contribution in [0.2, 0.25) is 0 Å². The Balaban J connectivity index is 2.08. The van der Waals surface area contributed by atoms with Gasteiger partial charge in [0.15, 0.2) is 17.5 Å². The molecule has 4 rings (SSSR count). The van der Waals surface area contributed by atoms with Crippen LogP contribution in [0.25, 0.3) is 21.8 Å². The minimum Gasteiger partial charge on any atom is -0.378 e. The van der Waals surface area contributed by atoms with E-state index in [0.29, 0.717) is 42.8 Å². The second-order valence-corrected chi connectivity index (χ2v) is 5.87. The average Bonchev–Trinajstić information content (AvgIpc) is 2.61. The van der Waals surface area contributed by atoms with Crippen molar-refractivity contribution < 1.29 is 17.9 Å². The van der Waals surface area contributed by atoms with Gasteiger partial charge in [-0.25, -0.2) is 18.2 Å². The highest BCUT2D eigenvalue weighted by atomic mass is 19.2. The molecule has 0 amide bonds. The summed E-state index contributed by atoms with van der Waals surface area (Å²) in [7, 11) is 0. The van der Waals surface area contributed by atoms with E-state index in [-0.39, 0.29) is 16.6 Å². The number of ether oxygens (including phenoxy) is 1. The first-order chi connectivity index (χ1) is 11.6. The van der Waals surface area contributed by atoms with E-state index in [1.54, 1.807) is 31.2 Å². The average molecular weight is 332 g/mol. The summed E-state index contributed by atoms with van der Waals surface area (Å²) in [4.78, 5) is 5.73. The summed E-state index contributed by atoms with van der Waals surface area (Å²) in [6, 6.07) is 7.07. The fourth-order valence-corrected chi connectivity index (χ4v) is 3.29. The highest BCUT2D eigenvalue weighted by Crippen LogP contribution is 2.36. The lowest BCUT2D eigenvalue weighted by atomic mass is 10.0. The summed E-state index contributed by atoms with van der Waals surface area (Å²) < 4.78 is 49.6. The molecular formula is C18H15F3N2O. The van der Waals surface area contributed by atoms with Gasteiger partial charge in [0, 0.05) is 23.9 Å². The number of anilines is 1. The van der Waals surface area contributed by atoms with E-state index in [2.05, 4.69) is 4.98 Å². The fourth-order valence-electron chi connectivity index (χ4n) is 3.29. The normalized spacial score (nSPS) is 15.4. The first kappa shape index (κ1) is 15.2. The highest BCUT2D eigenvalue weighted by molar-refractivity contribution is 5.99. The van der Waals surface area contributed by atoms with Crippen molar-refractivity contribution in [3.63, 3.8) is 0 Å².